The van der Waals surface area contributed by atoms with Crippen LogP contribution in [-0.2, 0) is 67.3 Å². The van der Waals surface area contributed by atoms with Gasteiger partial charge >= 0.3 is 33.5 Å². The molecule has 2 aromatic heterocycles. The predicted octanol–water partition coefficient (Wildman–Crippen LogP) is 16.7. The largest absolute Gasteiger partial charge is 0.534 e. The van der Waals surface area contributed by atoms with Crippen LogP contribution in [0.1, 0.15) is 171 Å². The van der Waals surface area contributed by atoms with Crippen molar-refractivity contribution in [3.8, 4) is 35.7 Å². The number of aryl methyl sites for hydroxylation is 2. The first-order chi connectivity index (χ1) is 53.2. The Hall–Kier alpha value is -10.9. The van der Waals surface area contributed by atoms with Crippen LogP contribution in [0.15, 0.2) is 134 Å². The van der Waals surface area contributed by atoms with Gasteiger partial charge in [0.05, 0.1) is 55.9 Å². The van der Waals surface area contributed by atoms with Crippen LogP contribution in [0.25, 0.3) is 18.2 Å². The molecular formula is C85H89F12N7O10S. The van der Waals surface area contributed by atoms with Crippen molar-refractivity contribution in [2.45, 2.75) is 148 Å². The molecule has 3 aliphatic heterocycles. The number of carboxylic acid groups (broad SMARTS) is 1. The number of halogens is 12. The minimum absolute atomic E-state index is 0. The molecule has 3 aliphatic rings. The van der Waals surface area contributed by atoms with Gasteiger partial charge in [-0.1, -0.05) is 43.4 Å². The summed E-state index contributed by atoms with van der Waals surface area (Å²) in [5, 5.41) is 26.7. The Kier molecular flexibility index (Phi) is 29.8. The molecule has 6 aromatic carbocycles. The molecule has 0 bridgehead atoms. The van der Waals surface area contributed by atoms with Crippen molar-refractivity contribution in [3.63, 3.8) is 0 Å². The zero-order valence-electron chi connectivity index (χ0n) is 64.5. The van der Waals surface area contributed by atoms with Crippen LogP contribution in [0.5, 0.6) is 11.5 Å². The highest BCUT2D eigenvalue weighted by Crippen LogP contribution is 2.46. The number of carboxylic acids is 1. The smallest absolute Gasteiger partial charge is 0.508 e. The molecule has 614 valence electrons. The molecule has 0 saturated carbocycles. The molecule has 0 amide bonds. The van der Waals surface area contributed by atoms with Crippen LogP contribution in [0, 0.1) is 59.1 Å². The lowest BCUT2D eigenvalue weighted by molar-refractivity contribution is -0.135. The maximum absolute atomic E-state index is 15.5. The predicted molar refractivity (Wildman–Crippen MR) is 412 cm³/mol. The van der Waals surface area contributed by atoms with Crippen molar-refractivity contribution in [2.24, 2.45) is 14.1 Å². The molecule has 0 aliphatic carbocycles. The summed E-state index contributed by atoms with van der Waals surface area (Å²) in [6.45, 7) is 13.4. The Labute approximate surface area is 660 Å². The minimum Gasteiger partial charge on any atom is -0.508 e. The number of nitrogens with zero attached hydrogens (tertiary/aromatic N) is 7. The number of aromatic hydroxyl groups is 1. The summed E-state index contributed by atoms with van der Waals surface area (Å²) in [5.74, 6) is 0.197. The average Bonchev–Trinajstić information content (AvgIpc) is 1.27. The van der Waals surface area contributed by atoms with Gasteiger partial charge in [-0.3, -0.25) is 24.1 Å². The number of aliphatic carboxylic acids is 1. The molecule has 0 radical (unpaired) electrons. The molecule has 11 rings (SSSR count). The number of aromatic nitrogens is 4. The van der Waals surface area contributed by atoms with Gasteiger partial charge in [0.1, 0.15) is 63.4 Å². The van der Waals surface area contributed by atoms with Gasteiger partial charge in [-0.25, -0.2) is 53.9 Å². The highest BCUT2D eigenvalue weighted by molar-refractivity contribution is 7.88. The Morgan fingerprint density at radius 3 is 1.19 bits per heavy atom. The summed E-state index contributed by atoms with van der Waals surface area (Å²) in [4.78, 5) is 38.5. The van der Waals surface area contributed by atoms with E-state index >= 15 is 26.3 Å². The van der Waals surface area contributed by atoms with E-state index in [1.54, 1.807) is 75.1 Å². The Morgan fingerprint density at radius 2 is 0.861 bits per heavy atom. The van der Waals surface area contributed by atoms with Crippen LogP contribution in [0.4, 0.5) is 52.7 Å². The Bertz CT molecular complexity index is 5130. The molecule has 0 spiro atoms. The summed E-state index contributed by atoms with van der Waals surface area (Å²) >= 11 is 0. The van der Waals surface area contributed by atoms with E-state index in [2.05, 4.69) is 41.6 Å². The fraction of sp³-hybridized carbons (Fsp3) is 0.353. The first-order valence-electron chi connectivity index (χ1n) is 35.4. The third-order valence-corrected chi connectivity index (χ3v) is 19.3. The molecule has 30 heteroatoms. The second-order valence-corrected chi connectivity index (χ2v) is 31.0. The van der Waals surface area contributed by atoms with Gasteiger partial charge in [0.25, 0.3) is 0 Å². The lowest BCUT2D eigenvalue weighted by Crippen LogP contribution is -2.48. The summed E-state index contributed by atoms with van der Waals surface area (Å²) < 4.78 is 214. The normalized spacial score (nSPS) is 17.8. The van der Waals surface area contributed by atoms with E-state index < -0.39 is 121 Å². The van der Waals surface area contributed by atoms with E-state index in [1.807, 2.05) is 34.0 Å². The monoisotopic (exact) mass is 1630 g/mol. The maximum atomic E-state index is 15.5. The summed E-state index contributed by atoms with van der Waals surface area (Å²) in [6, 6.07) is 15.9. The van der Waals surface area contributed by atoms with Gasteiger partial charge < -0.3 is 23.9 Å². The van der Waals surface area contributed by atoms with E-state index in [-0.39, 0.29) is 90.3 Å². The van der Waals surface area contributed by atoms with E-state index in [0.29, 0.717) is 24.0 Å². The molecule has 5 heterocycles. The molecule has 0 fully saturated rings. The number of phenolic OH excluding ortho intramolecular Hbond substituents is 1. The lowest BCUT2D eigenvalue weighted by atomic mass is 9.83. The van der Waals surface area contributed by atoms with Crippen molar-refractivity contribution < 1.29 is 99.4 Å². The van der Waals surface area contributed by atoms with Gasteiger partial charge in [0, 0.05) is 105 Å². The fourth-order valence-electron chi connectivity index (χ4n) is 13.7. The molecule has 17 nitrogen and oxygen atoms in total. The van der Waals surface area contributed by atoms with Gasteiger partial charge in [-0.2, -0.15) is 31.8 Å². The van der Waals surface area contributed by atoms with Crippen LogP contribution in [0.2, 0.25) is 0 Å². The molecule has 115 heavy (non-hydrogen) atoms. The molecule has 6 unspecified atom stereocenters. The van der Waals surface area contributed by atoms with Crippen LogP contribution < -0.4 is 4.18 Å². The van der Waals surface area contributed by atoms with E-state index in [9.17, 15) is 54.3 Å². The lowest BCUT2D eigenvalue weighted by Gasteiger charge is -2.44. The van der Waals surface area contributed by atoms with E-state index in [0.717, 1.165) is 114 Å². The number of hydrogen-bond donors (Lipinski definition) is 2. The summed E-state index contributed by atoms with van der Waals surface area (Å²) in [6.07, 6.45) is 19.6. The van der Waals surface area contributed by atoms with Gasteiger partial charge in [-0.15, -0.1) is 6.42 Å². The van der Waals surface area contributed by atoms with Gasteiger partial charge in [-0.05, 0) is 223 Å². The second kappa shape index (κ2) is 37.6. The topological polar surface area (TPSA) is 199 Å². The third-order valence-electron chi connectivity index (χ3n) is 18.4. The number of carbonyl (C=O) groups excluding carboxylic acids is 2. The van der Waals surface area contributed by atoms with Crippen LogP contribution in [-0.4, -0.2) is 145 Å². The molecule has 2 N–H and O–H groups in total. The number of rotatable bonds is 17. The number of hydrogen-bond acceptors (Lipinski definition) is 14. The number of methoxy groups -OCH3 is 2. The zero-order valence-corrected chi connectivity index (χ0v) is 65.3. The number of ether oxygens (including phenoxy) is 2. The first kappa shape index (κ1) is 91.3. The summed E-state index contributed by atoms with van der Waals surface area (Å²) in [5.41, 5.74) is -5.40. The number of alkyl halides is 6. The van der Waals surface area contributed by atoms with Gasteiger partial charge in [0.2, 0.25) is 0 Å². The quantitative estimate of drug-likeness (QED) is 0.0218. The van der Waals surface area contributed by atoms with Gasteiger partial charge in [0.15, 0.2) is 0 Å². The number of terminal acetylenes is 1. The fourth-order valence-corrected chi connectivity index (χ4v) is 14.1. The zero-order chi connectivity index (χ0) is 84.4. The Morgan fingerprint density at radius 1 is 0.522 bits per heavy atom. The van der Waals surface area contributed by atoms with Crippen molar-refractivity contribution in [2.75, 3.05) is 33.9 Å². The molecule has 6 atom stereocenters. The second-order valence-electron chi connectivity index (χ2n) is 29.5. The third kappa shape index (κ3) is 24.1. The van der Waals surface area contributed by atoms with Crippen LogP contribution in [0.3, 0.4) is 0 Å². The van der Waals surface area contributed by atoms with Crippen LogP contribution >= 0.6 is 0 Å². The summed E-state index contributed by atoms with van der Waals surface area (Å²) in [7, 11) is 0.0397. The number of carbonyl (C=O) groups is 3. The highest BCUT2D eigenvalue weighted by Gasteiger charge is 2.49. The first-order valence-corrected chi connectivity index (χ1v) is 36.9. The van der Waals surface area contributed by atoms with Crippen molar-refractivity contribution in [1.29, 1.82) is 0 Å². The Balaban J connectivity index is 0.000000227. The van der Waals surface area contributed by atoms with E-state index in [1.165, 1.54) is 71.8 Å². The molecular weight excluding hydrogens is 1540 g/mol. The highest BCUT2D eigenvalue weighted by atomic mass is 32.2. The average molecular weight is 1630 g/mol. The number of phenols is 1. The van der Waals surface area contributed by atoms with Crippen molar-refractivity contribution in [3.05, 3.63) is 252 Å². The maximum Gasteiger partial charge on any atom is 0.534 e. The molecule has 8 aromatic rings. The van der Waals surface area contributed by atoms with Crippen molar-refractivity contribution in [1.82, 2.24) is 34.3 Å². The number of fused-ring (bicyclic) bond motifs is 3. The van der Waals surface area contributed by atoms with Crippen molar-refractivity contribution >= 4 is 46.3 Å². The molecule has 0 saturated heterocycles. The standard InChI is InChI=1S/C29H28F3N3O2.C25H25F6NO5S.C24H26F3NO3.C6H6N2.CH4/c1-18-11-22-12-19(5-6-21-15-33-34(4)16-21)7-9-23(22)28(35(18)17-29(2,3)32)27-24(30)13-20(14-25(27)31)8-10-26(36)37;1-14-9-16-12-17(37-38(34,35)25(29,30)31)6-7-18(16)23(32(14)13-24(2,3)28)22-19(26)10-15(11-20(22)27)5-8-21(33)36-4;1-14-9-16-12-17(29)6-7-18(16)23(28(14)13-24(2,3)27)22-19(25)10-15(11-20(22)26)5-8-21(30)31-4;1-3-6-4-7-8(2)5-6;/h7-10,12-16,18,28H,11,17H2,1-4H3,(H,36,37);5-8,10-12,14,23H,9,13H2,1-4H3;5-8,10-12,14,23,29H,9,13H2,1-4H3;1,4-5H,2H3;1H4/b10-8+;2*8-5+;;. The number of esters is 2. The minimum atomic E-state index is -5.94. The number of benzene rings is 6. The van der Waals surface area contributed by atoms with E-state index in [4.69, 9.17) is 11.5 Å². The SMILES string of the molecule is C.C#Cc1cnn(C)c1.CC1Cc2cc(C#Cc3cnn(C)c3)ccc2C(c2c(F)cc(/C=C/C(=O)O)cc2F)N1CC(C)(C)F.COC(=O)/C=C/c1cc(F)c(C2c3ccc(O)cc3CC(C)N2CC(C)(C)F)c(F)c1.COC(=O)/C=C/c1cc(F)c(C2c3ccc(OS(=O)(=O)C(F)(F)F)cc3CC(C)N2CC(C)(C)F)c(F)c1.